The monoisotopic (exact) mass is 320 g/mol. The summed E-state index contributed by atoms with van der Waals surface area (Å²) in [5.74, 6) is -1.70. The number of carbonyl (C=O) groups is 1. The average Bonchev–Trinajstić information content (AvgIpc) is 2.47. The molecule has 0 bridgehead atoms. The molecule has 7 nitrogen and oxygen atoms in total. The Hall–Kier alpha value is -2.93. The largest absolute Gasteiger partial charge is 0.502 e. The first-order valence-electron chi connectivity index (χ1n) is 5.93. The van der Waals surface area contributed by atoms with Crippen LogP contribution < -0.4 is 0 Å². The number of hydrogen-bond acceptors (Lipinski definition) is 5. The van der Waals surface area contributed by atoms with Gasteiger partial charge in [-0.3, -0.25) is 15.1 Å². The van der Waals surface area contributed by atoms with Gasteiger partial charge >= 0.3 is 11.7 Å². The minimum atomic E-state index is -1.19. The molecule has 0 saturated heterocycles. The summed E-state index contributed by atoms with van der Waals surface area (Å²) >= 11 is 5.74. The Bertz CT molecular complexity index is 789. The molecule has 0 spiro atoms. The molecular formula is C14H9ClN2O5. The van der Waals surface area contributed by atoms with Gasteiger partial charge in [-0.15, -0.1) is 0 Å². The maximum atomic E-state index is 11.0. The highest BCUT2D eigenvalue weighted by Crippen LogP contribution is 2.29. The Morgan fingerprint density at radius 3 is 2.68 bits per heavy atom. The molecule has 0 aliphatic rings. The second kappa shape index (κ2) is 6.23. The normalized spacial score (nSPS) is 10.8. The summed E-state index contributed by atoms with van der Waals surface area (Å²) < 4.78 is 0. The molecule has 0 aliphatic heterocycles. The lowest BCUT2D eigenvalue weighted by molar-refractivity contribution is -0.385. The van der Waals surface area contributed by atoms with Gasteiger partial charge in [0.1, 0.15) is 0 Å². The van der Waals surface area contributed by atoms with Crippen LogP contribution in [0.1, 0.15) is 15.9 Å². The summed E-state index contributed by atoms with van der Waals surface area (Å²) in [5, 5.41) is 29.5. The van der Waals surface area contributed by atoms with Gasteiger partial charge in [0.15, 0.2) is 0 Å². The SMILES string of the molecule is O=C(O)c1cc(N=Cc2cccc([N+](=O)[O-])c2O)ccc1Cl. The van der Waals surface area contributed by atoms with E-state index in [1.807, 2.05) is 0 Å². The number of carboxylic acids is 1. The quantitative estimate of drug-likeness (QED) is 0.509. The van der Waals surface area contributed by atoms with Crippen molar-refractivity contribution in [3.05, 3.63) is 62.7 Å². The van der Waals surface area contributed by atoms with Gasteiger partial charge < -0.3 is 10.2 Å². The number of nitro groups is 1. The highest BCUT2D eigenvalue weighted by molar-refractivity contribution is 6.33. The zero-order valence-electron chi connectivity index (χ0n) is 10.9. The molecule has 0 saturated carbocycles. The number of benzene rings is 2. The summed E-state index contributed by atoms with van der Waals surface area (Å²) in [6, 6.07) is 8.14. The number of carboxylic acid groups (broad SMARTS) is 1. The van der Waals surface area contributed by atoms with E-state index in [4.69, 9.17) is 16.7 Å². The van der Waals surface area contributed by atoms with E-state index in [0.717, 1.165) is 6.07 Å². The summed E-state index contributed by atoms with van der Waals surface area (Å²) in [7, 11) is 0. The second-order valence-corrected chi connectivity index (χ2v) is 4.61. The van der Waals surface area contributed by atoms with Gasteiger partial charge in [0.05, 0.1) is 21.2 Å². The smallest absolute Gasteiger partial charge is 0.337 e. The van der Waals surface area contributed by atoms with Gasteiger partial charge in [-0.25, -0.2) is 4.79 Å². The molecule has 0 radical (unpaired) electrons. The standard InChI is InChI=1S/C14H9ClN2O5/c15-11-5-4-9(6-10(11)14(19)20)16-7-8-2-1-3-12(13(8)18)17(21)22/h1-7,18H,(H,19,20). The van der Waals surface area contributed by atoms with Crippen LogP contribution in [0.4, 0.5) is 11.4 Å². The predicted octanol–water partition coefficient (Wildman–Crippen LogP) is 3.40. The van der Waals surface area contributed by atoms with Crippen molar-refractivity contribution in [2.75, 3.05) is 0 Å². The molecule has 0 aliphatic carbocycles. The van der Waals surface area contributed by atoms with Crippen LogP contribution >= 0.6 is 11.6 Å². The van der Waals surface area contributed by atoms with E-state index in [1.165, 1.54) is 36.5 Å². The Balaban J connectivity index is 2.37. The van der Waals surface area contributed by atoms with Crippen molar-refractivity contribution in [1.82, 2.24) is 0 Å². The minimum absolute atomic E-state index is 0.0737. The third-order valence-corrected chi connectivity index (χ3v) is 3.11. The van der Waals surface area contributed by atoms with Crippen LogP contribution in [0.5, 0.6) is 5.75 Å². The third kappa shape index (κ3) is 3.21. The van der Waals surface area contributed by atoms with Crippen molar-refractivity contribution in [2.45, 2.75) is 0 Å². The fourth-order valence-corrected chi connectivity index (χ4v) is 1.90. The topological polar surface area (TPSA) is 113 Å². The maximum absolute atomic E-state index is 11.0. The Kier molecular flexibility index (Phi) is 4.38. The number of nitro benzene ring substituents is 1. The van der Waals surface area contributed by atoms with Gasteiger partial charge in [-0.05, 0) is 24.3 Å². The molecule has 0 aromatic heterocycles. The van der Waals surface area contributed by atoms with Crippen LogP contribution in [0.15, 0.2) is 41.4 Å². The van der Waals surface area contributed by atoms with E-state index in [1.54, 1.807) is 0 Å². The summed E-state index contributed by atoms with van der Waals surface area (Å²) in [6.07, 6.45) is 1.21. The molecule has 0 fully saturated rings. The van der Waals surface area contributed by atoms with Crippen LogP contribution in [0.3, 0.4) is 0 Å². The van der Waals surface area contributed by atoms with Gasteiger partial charge in [0.25, 0.3) is 0 Å². The molecule has 0 amide bonds. The number of halogens is 1. The number of para-hydroxylation sites is 1. The predicted molar refractivity (Wildman–Crippen MR) is 80.4 cm³/mol. The number of rotatable bonds is 4. The molecule has 8 heteroatoms. The van der Waals surface area contributed by atoms with Crippen LogP contribution in [-0.4, -0.2) is 27.3 Å². The lowest BCUT2D eigenvalue weighted by atomic mass is 10.2. The van der Waals surface area contributed by atoms with E-state index in [-0.39, 0.29) is 21.8 Å². The van der Waals surface area contributed by atoms with Crippen molar-refractivity contribution < 1.29 is 19.9 Å². The molecule has 112 valence electrons. The van der Waals surface area contributed by atoms with Crippen molar-refractivity contribution in [3.63, 3.8) is 0 Å². The second-order valence-electron chi connectivity index (χ2n) is 4.20. The van der Waals surface area contributed by atoms with Gasteiger partial charge in [0, 0.05) is 17.8 Å². The first-order valence-corrected chi connectivity index (χ1v) is 6.31. The zero-order valence-corrected chi connectivity index (χ0v) is 11.7. The first-order chi connectivity index (χ1) is 10.4. The number of phenolic OH excluding ortho intramolecular Hbond substituents is 1. The van der Waals surface area contributed by atoms with Crippen LogP contribution in [0, 0.1) is 10.1 Å². The number of nitrogens with zero attached hydrogens (tertiary/aromatic N) is 2. The number of phenols is 1. The van der Waals surface area contributed by atoms with E-state index < -0.39 is 22.3 Å². The highest BCUT2D eigenvalue weighted by Gasteiger charge is 2.15. The van der Waals surface area contributed by atoms with E-state index in [9.17, 15) is 20.0 Å². The average molecular weight is 321 g/mol. The lowest BCUT2D eigenvalue weighted by Gasteiger charge is -2.01. The maximum Gasteiger partial charge on any atom is 0.337 e. The Labute approximate surface area is 129 Å². The fourth-order valence-electron chi connectivity index (χ4n) is 1.70. The molecule has 2 rings (SSSR count). The summed E-state index contributed by atoms with van der Waals surface area (Å²) in [4.78, 5) is 25.0. The highest BCUT2D eigenvalue weighted by atomic mass is 35.5. The molecule has 0 unspecified atom stereocenters. The van der Waals surface area contributed by atoms with Gasteiger partial charge in [-0.1, -0.05) is 17.7 Å². The molecule has 2 aromatic carbocycles. The number of aliphatic imine (C=N–C) groups is 1. The van der Waals surface area contributed by atoms with Crippen molar-refractivity contribution in [3.8, 4) is 5.75 Å². The van der Waals surface area contributed by atoms with Crippen LogP contribution in [0.25, 0.3) is 0 Å². The van der Waals surface area contributed by atoms with Crippen LogP contribution in [0.2, 0.25) is 5.02 Å². The summed E-state index contributed by atoms with van der Waals surface area (Å²) in [5.41, 5.74) is -0.125. The lowest BCUT2D eigenvalue weighted by Crippen LogP contribution is -1.96. The van der Waals surface area contributed by atoms with Crippen molar-refractivity contribution >= 4 is 35.2 Å². The minimum Gasteiger partial charge on any atom is -0.502 e. The van der Waals surface area contributed by atoms with E-state index >= 15 is 0 Å². The number of hydrogen-bond donors (Lipinski definition) is 2. The number of aromatic carboxylic acids is 1. The Morgan fingerprint density at radius 1 is 1.32 bits per heavy atom. The van der Waals surface area contributed by atoms with Gasteiger partial charge in [-0.2, -0.15) is 0 Å². The zero-order chi connectivity index (χ0) is 16.3. The third-order valence-electron chi connectivity index (χ3n) is 2.78. The molecule has 2 N–H and O–H groups in total. The molecule has 2 aromatic rings. The van der Waals surface area contributed by atoms with E-state index in [2.05, 4.69) is 4.99 Å². The van der Waals surface area contributed by atoms with Crippen LogP contribution in [-0.2, 0) is 0 Å². The first kappa shape index (κ1) is 15.5. The van der Waals surface area contributed by atoms with Crippen molar-refractivity contribution in [1.29, 1.82) is 0 Å². The molecule has 0 atom stereocenters. The molecule has 22 heavy (non-hydrogen) atoms. The molecule has 0 heterocycles. The van der Waals surface area contributed by atoms with E-state index in [0.29, 0.717) is 0 Å². The molecular weight excluding hydrogens is 312 g/mol. The number of aromatic hydroxyl groups is 1. The summed E-state index contributed by atoms with van der Waals surface area (Å²) in [6.45, 7) is 0. The Morgan fingerprint density at radius 2 is 2.05 bits per heavy atom. The fraction of sp³-hybridized carbons (Fsp3) is 0. The van der Waals surface area contributed by atoms with Crippen molar-refractivity contribution in [2.24, 2.45) is 4.99 Å². The van der Waals surface area contributed by atoms with Gasteiger partial charge in [0.2, 0.25) is 5.75 Å².